The van der Waals surface area contributed by atoms with Crippen molar-refractivity contribution in [2.75, 3.05) is 38.7 Å². The van der Waals surface area contributed by atoms with Crippen molar-refractivity contribution in [3.05, 3.63) is 42.5 Å². The van der Waals surface area contributed by atoms with E-state index in [4.69, 9.17) is 14.2 Å². The Labute approximate surface area is 183 Å². The van der Waals surface area contributed by atoms with Gasteiger partial charge in [0.25, 0.3) is 5.91 Å². The van der Waals surface area contributed by atoms with Gasteiger partial charge >= 0.3 is 0 Å². The first-order valence-corrected chi connectivity index (χ1v) is 11.7. The van der Waals surface area contributed by atoms with Gasteiger partial charge in [0.1, 0.15) is 5.75 Å². The molecule has 31 heavy (non-hydrogen) atoms. The molecule has 1 amide bonds. The van der Waals surface area contributed by atoms with Gasteiger partial charge in [0, 0.05) is 13.1 Å². The van der Waals surface area contributed by atoms with Gasteiger partial charge in [-0.2, -0.15) is 4.31 Å². The highest BCUT2D eigenvalue weighted by atomic mass is 32.2. The van der Waals surface area contributed by atoms with Crippen molar-refractivity contribution in [2.24, 2.45) is 0 Å². The van der Waals surface area contributed by atoms with Crippen molar-refractivity contribution in [3.8, 4) is 17.2 Å². The van der Waals surface area contributed by atoms with Crippen molar-refractivity contribution in [3.63, 3.8) is 0 Å². The van der Waals surface area contributed by atoms with Crippen molar-refractivity contribution >= 4 is 21.6 Å². The van der Waals surface area contributed by atoms with Gasteiger partial charge in [-0.15, -0.1) is 0 Å². The number of carbonyl (C=O) groups excluding carboxylic acids is 1. The molecule has 0 atom stereocenters. The van der Waals surface area contributed by atoms with Gasteiger partial charge in [-0.25, -0.2) is 8.42 Å². The lowest BCUT2D eigenvalue weighted by Crippen LogP contribution is -2.35. The molecular formula is C22H28N2O6S. The lowest BCUT2D eigenvalue weighted by molar-refractivity contribution is -0.118. The Morgan fingerprint density at radius 1 is 1.00 bits per heavy atom. The molecule has 0 bridgehead atoms. The summed E-state index contributed by atoms with van der Waals surface area (Å²) in [7, 11) is -2.18. The summed E-state index contributed by atoms with van der Waals surface area (Å²) in [5, 5.41) is 2.69. The molecule has 0 aromatic heterocycles. The van der Waals surface area contributed by atoms with Gasteiger partial charge in [0.2, 0.25) is 10.0 Å². The Hall–Kier alpha value is -2.78. The molecular weight excluding hydrogens is 420 g/mol. The van der Waals surface area contributed by atoms with E-state index in [9.17, 15) is 13.2 Å². The van der Waals surface area contributed by atoms with E-state index in [0.717, 1.165) is 19.3 Å². The third-order valence-electron chi connectivity index (χ3n) is 4.91. The standard InChI is InChI=1S/C22H28N2O6S/c1-3-29-20-9-5-6-10-21(20)30-16-22(25)23-18-15-17(11-12-19(18)28-2)31(26,27)24-13-7-4-8-14-24/h5-6,9-12,15H,3-4,7-8,13-14,16H2,1-2H3,(H,23,25). The fourth-order valence-electron chi connectivity index (χ4n) is 3.37. The van der Waals surface area contributed by atoms with Crippen LogP contribution in [-0.4, -0.2) is 52.0 Å². The Bertz CT molecular complexity index is 1000. The van der Waals surface area contributed by atoms with Crippen molar-refractivity contribution in [1.82, 2.24) is 4.31 Å². The summed E-state index contributed by atoms with van der Waals surface area (Å²) in [6, 6.07) is 11.5. The summed E-state index contributed by atoms with van der Waals surface area (Å²) in [6.45, 7) is 3.07. The summed E-state index contributed by atoms with van der Waals surface area (Å²) >= 11 is 0. The molecule has 1 saturated heterocycles. The second kappa shape index (κ2) is 10.5. The van der Waals surface area contributed by atoms with Crippen LogP contribution in [0.3, 0.4) is 0 Å². The Kier molecular flexibility index (Phi) is 7.75. The highest BCUT2D eigenvalue weighted by Gasteiger charge is 2.27. The van der Waals surface area contributed by atoms with E-state index in [1.165, 1.54) is 29.6 Å². The topological polar surface area (TPSA) is 94.2 Å². The summed E-state index contributed by atoms with van der Waals surface area (Å²) in [5.41, 5.74) is 0.271. The number of nitrogens with one attached hydrogen (secondary N) is 1. The average molecular weight is 449 g/mol. The number of ether oxygens (including phenoxy) is 3. The van der Waals surface area contributed by atoms with E-state index in [-0.39, 0.29) is 17.2 Å². The van der Waals surface area contributed by atoms with E-state index in [2.05, 4.69) is 5.32 Å². The van der Waals surface area contributed by atoms with E-state index in [0.29, 0.717) is 36.9 Å². The lowest BCUT2D eigenvalue weighted by Gasteiger charge is -2.26. The molecule has 1 heterocycles. The summed E-state index contributed by atoms with van der Waals surface area (Å²) < 4.78 is 43.8. The quantitative estimate of drug-likeness (QED) is 0.633. The van der Waals surface area contributed by atoms with Gasteiger partial charge in [-0.3, -0.25) is 4.79 Å². The van der Waals surface area contributed by atoms with Crippen LogP contribution in [-0.2, 0) is 14.8 Å². The Balaban J connectivity index is 1.73. The van der Waals surface area contributed by atoms with E-state index in [1.807, 2.05) is 13.0 Å². The number of amides is 1. The van der Waals surface area contributed by atoms with Crippen LogP contribution in [0.2, 0.25) is 0 Å². The molecule has 0 spiro atoms. The van der Waals surface area contributed by atoms with Gasteiger partial charge < -0.3 is 19.5 Å². The minimum absolute atomic E-state index is 0.119. The number of piperidine rings is 1. The van der Waals surface area contributed by atoms with Crippen LogP contribution in [0.25, 0.3) is 0 Å². The van der Waals surface area contributed by atoms with Gasteiger partial charge in [0.05, 0.1) is 24.3 Å². The highest BCUT2D eigenvalue weighted by molar-refractivity contribution is 7.89. The zero-order valence-corrected chi connectivity index (χ0v) is 18.6. The normalized spacial score (nSPS) is 14.6. The maximum atomic E-state index is 13.0. The minimum Gasteiger partial charge on any atom is -0.495 e. The number of rotatable bonds is 9. The molecule has 0 aliphatic carbocycles. The number of sulfonamides is 1. The second-order valence-corrected chi connectivity index (χ2v) is 8.98. The molecule has 0 saturated carbocycles. The lowest BCUT2D eigenvalue weighted by atomic mass is 10.2. The molecule has 2 aromatic carbocycles. The average Bonchev–Trinajstić information content (AvgIpc) is 2.79. The predicted molar refractivity (Wildman–Crippen MR) is 117 cm³/mol. The number of para-hydroxylation sites is 2. The fraction of sp³-hybridized carbons (Fsp3) is 0.409. The number of hydrogen-bond donors (Lipinski definition) is 1. The first-order valence-electron chi connectivity index (χ1n) is 10.3. The van der Waals surface area contributed by atoms with Crippen LogP contribution in [0.5, 0.6) is 17.2 Å². The number of nitrogens with zero attached hydrogens (tertiary/aromatic N) is 1. The third-order valence-corrected chi connectivity index (χ3v) is 6.80. The maximum absolute atomic E-state index is 13.0. The largest absolute Gasteiger partial charge is 0.495 e. The second-order valence-electron chi connectivity index (χ2n) is 7.04. The maximum Gasteiger partial charge on any atom is 0.262 e. The van der Waals surface area contributed by atoms with Crippen LogP contribution in [0.1, 0.15) is 26.2 Å². The number of benzene rings is 2. The zero-order valence-electron chi connectivity index (χ0n) is 17.8. The van der Waals surface area contributed by atoms with Crippen LogP contribution in [0.4, 0.5) is 5.69 Å². The third kappa shape index (κ3) is 5.68. The molecule has 1 fully saturated rings. The number of methoxy groups -OCH3 is 1. The Morgan fingerprint density at radius 2 is 1.68 bits per heavy atom. The molecule has 0 radical (unpaired) electrons. The molecule has 9 heteroatoms. The molecule has 1 N–H and O–H groups in total. The van der Waals surface area contributed by atoms with E-state index >= 15 is 0 Å². The summed E-state index contributed by atoms with van der Waals surface area (Å²) in [4.78, 5) is 12.6. The van der Waals surface area contributed by atoms with Crippen molar-refractivity contribution in [1.29, 1.82) is 0 Å². The van der Waals surface area contributed by atoms with Crippen LogP contribution < -0.4 is 19.5 Å². The van der Waals surface area contributed by atoms with Crippen LogP contribution in [0.15, 0.2) is 47.4 Å². The van der Waals surface area contributed by atoms with E-state index in [1.54, 1.807) is 18.2 Å². The van der Waals surface area contributed by atoms with Crippen molar-refractivity contribution in [2.45, 2.75) is 31.1 Å². The number of carbonyl (C=O) groups is 1. The first-order chi connectivity index (χ1) is 15.0. The van der Waals surface area contributed by atoms with Gasteiger partial charge in [-0.1, -0.05) is 18.6 Å². The fourth-order valence-corrected chi connectivity index (χ4v) is 4.92. The van der Waals surface area contributed by atoms with Crippen molar-refractivity contribution < 1.29 is 27.4 Å². The zero-order chi connectivity index (χ0) is 22.3. The highest BCUT2D eigenvalue weighted by Crippen LogP contribution is 2.30. The van der Waals surface area contributed by atoms with Crippen LogP contribution >= 0.6 is 0 Å². The smallest absolute Gasteiger partial charge is 0.262 e. The molecule has 8 nitrogen and oxygen atoms in total. The Morgan fingerprint density at radius 3 is 2.32 bits per heavy atom. The van der Waals surface area contributed by atoms with E-state index < -0.39 is 15.9 Å². The van der Waals surface area contributed by atoms with Gasteiger partial charge in [-0.05, 0) is 50.1 Å². The predicted octanol–water partition coefficient (Wildman–Crippen LogP) is 3.29. The molecule has 1 aliphatic heterocycles. The molecule has 3 rings (SSSR count). The van der Waals surface area contributed by atoms with Crippen LogP contribution in [0, 0.1) is 0 Å². The molecule has 2 aromatic rings. The molecule has 168 valence electrons. The summed E-state index contributed by atoms with van der Waals surface area (Å²) in [6.07, 6.45) is 2.72. The minimum atomic E-state index is -3.63. The number of hydrogen-bond acceptors (Lipinski definition) is 6. The summed E-state index contributed by atoms with van der Waals surface area (Å²) in [5.74, 6) is 0.913. The monoisotopic (exact) mass is 448 g/mol. The number of anilines is 1. The van der Waals surface area contributed by atoms with Gasteiger partial charge in [0.15, 0.2) is 18.1 Å². The molecule has 1 aliphatic rings. The SMILES string of the molecule is CCOc1ccccc1OCC(=O)Nc1cc(S(=O)(=O)N2CCCCC2)ccc1OC. The first kappa shape index (κ1) is 22.9. The molecule has 0 unspecified atom stereocenters.